The maximum absolute atomic E-state index is 11.8. The summed E-state index contributed by atoms with van der Waals surface area (Å²) < 4.78 is 26.4. The number of sulfonamides is 1. The van der Waals surface area contributed by atoms with Gasteiger partial charge >= 0.3 is 5.97 Å². The van der Waals surface area contributed by atoms with E-state index in [0.29, 0.717) is 18.5 Å². The van der Waals surface area contributed by atoms with Crippen LogP contribution in [0.2, 0.25) is 0 Å². The molecule has 1 saturated heterocycles. The summed E-state index contributed by atoms with van der Waals surface area (Å²) in [6.45, 7) is 3.94. The zero-order valence-corrected chi connectivity index (χ0v) is 14.2. The Balaban J connectivity index is 1.89. The first-order valence-corrected chi connectivity index (χ1v) is 9.60. The minimum atomic E-state index is -3.17. The zero-order valence-electron chi connectivity index (χ0n) is 13.4. The third-order valence-electron chi connectivity index (χ3n) is 4.05. The Kier molecular flexibility index (Phi) is 6.15. The van der Waals surface area contributed by atoms with Gasteiger partial charge in [0, 0.05) is 25.7 Å². The van der Waals surface area contributed by atoms with Crippen molar-refractivity contribution in [3.63, 3.8) is 0 Å². The standard InChI is InChI=1S/C16H24N2O4S/c1-2-11-23(21,22)17-14-7-9-18(10-8-14)12-13-5-3-4-6-15(13)16(19)20/h3-6,14,17H,2,7-12H2,1H3,(H,19,20). The molecule has 2 rings (SSSR count). The van der Waals surface area contributed by atoms with Crippen LogP contribution in [0.3, 0.4) is 0 Å². The van der Waals surface area contributed by atoms with Gasteiger partial charge in [-0.05, 0) is 30.9 Å². The number of carboxylic acids is 1. The fourth-order valence-electron chi connectivity index (χ4n) is 2.90. The van der Waals surface area contributed by atoms with Crippen molar-refractivity contribution in [2.75, 3.05) is 18.8 Å². The number of carbonyl (C=O) groups is 1. The van der Waals surface area contributed by atoms with E-state index in [1.165, 1.54) is 0 Å². The predicted molar refractivity (Wildman–Crippen MR) is 88.9 cm³/mol. The lowest BCUT2D eigenvalue weighted by atomic mass is 10.0. The first kappa shape index (κ1) is 17.9. The molecule has 0 atom stereocenters. The molecule has 0 saturated carbocycles. The highest BCUT2D eigenvalue weighted by atomic mass is 32.2. The summed E-state index contributed by atoms with van der Waals surface area (Å²) in [5.74, 6) is -0.748. The molecule has 1 aromatic carbocycles. The van der Waals surface area contributed by atoms with Gasteiger partial charge in [-0.2, -0.15) is 0 Å². The average molecular weight is 340 g/mol. The van der Waals surface area contributed by atoms with Gasteiger partial charge in [-0.3, -0.25) is 4.90 Å². The summed E-state index contributed by atoms with van der Waals surface area (Å²) in [6, 6.07) is 7.00. The summed E-state index contributed by atoms with van der Waals surface area (Å²) in [5, 5.41) is 9.22. The van der Waals surface area contributed by atoms with Gasteiger partial charge in [-0.25, -0.2) is 17.9 Å². The normalized spacial score (nSPS) is 17.3. The van der Waals surface area contributed by atoms with Gasteiger partial charge in [0.2, 0.25) is 10.0 Å². The first-order valence-electron chi connectivity index (χ1n) is 7.95. The molecule has 0 amide bonds. The molecular formula is C16H24N2O4S. The van der Waals surface area contributed by atoms with E-state index in [-0.39, 0.29) is 11.8 Å². The number of hydrogen-bond acceptors (Lipinski definition) is 4. The van der Waals surface area contributed by atoms with E-state index in [4.69, 9.17) is 0 Å². The predicted octanol–water partition coefficient (Wildman–Crippen LogP) is 1.68. The van der Waals surface area contributed by atoms with Crippen molar-refractivity contribution in [2.45, 2.75) is 38.8 Å². The second kappa shape index (κ2) is 7.90. The van der Waals surface area contributed by atoms with E-state index in [1.54, 1.807) is 12.1 Å². The Morgan fingerprint density at radius 1 is 1.30 bits per heavy atom. The topological polar surface area (TPSA) is 86.7 Å². The van der Waals surface area contributed by atoms with Crippen LogP contribution >= 0.6 is 0 Å². The third-order valence-corrected chi connectivity index (χ3v) is 5.69. The molecule has 0 unspecified atom stereocenters. The van der Waals surface area contributed by atoms with E-state index in [2.05, 4.69) is 9.62 Å². The molecular weight excluding hydrogens is 316 g/mol. The minimum Gasteiger partial charge on any atom is -0.478 e. The Morgan fingerprint density at radius 3 is 2.57 bits per heavy atom. The number of piperidine rings is 1. The second-order valence-corrected chi connectivity index (χ2v) is 7.82. The lowest BCUT2D eigenvalue weighted by Gasteiger charge is -2.32. The van der Waals surface area contributed by atoms with E-state index in [9.17, 15) is 18.3 Å². The Labute approximate surface area is 137 Å². The van der Waals surface area contributed by atoms with Crippen molar-refractivity contribution < 1.29 is 18.3 Å². The Morgan fingerprint density at radius 2 is 1.96 bits per heavy atom. The van der Waals surface area contributed by atoms with Crippen LogP contribution in [-0.2, 0) is 16.6 Å². The van der Waals surface area contributed by atoms with Crippen LogP contribution in [0.5, 0.6) is 0 Å². The van der Waals surface area contributed by atoms with Crippen LogP contribution in [-0.4, -0.2) is 49.3 Å². The van der Waals surface area contributed by atoms with Crippen molar-refractivity contribution in [3.05, 3.63) is 35.4 Å². The van der Waals surface area contributed by atoms with Crippen molar-refractivity contribution in [1.82, 2.24) is 9.62 Å². The van der Waals surface area contributed by atoms with Gasteiger partial charge in [-0.15, -0.1) is 0 Å². The van der Waals surface area contributed by atoms with Crippen molar-refractivity contribution in [3.8, 4) is 0 Å². The molecule has 2 N–H and O–H groups in total. The van der Waals surface area contributed by atoms with Crippen molar-refractivity contribution in [2.24, 2.45) is 0 Å². The second-order valence-electron chi connectivity index (χ2n) is 5.95. The zero-order chi connectivity index (χ0) is 16.9. The number of aromatic carboxylic acids is 1. The molecule has 1 aliphatic rings. The van der Waals surface area contributed by atoms with Gasteiger partial charge in [0.05, 0.1) is 11.3 Å². The van der Waals surface area contributed by atoms with Gasteiger partial charge < -0.3 is 5.11 Å². The fourth-order valence-corrected chi connectivity index (χ4v) is 4.30. The molecule has 0 bridgehead atoms. The van der Waals surface area contributed by atoms with E-state index in [1.807, 2.05) is 19.1 Å². The maximum atomic E-state index is 11.8. The highest BCUT2D eigenvalue weighted by Gasteiger charge is 2.23. The first-order chi connectivity index (χ1) is 10.9. The van der Waals surface area contributed by atoms with Crippen molar-refractivity contribution in [1.29, 1.82) is 0 Å². The summed E-state index contributed by atoms with van der Waals surface area (Å²) in [6.07, 6.45) is 2.11. The monoisotopic (exact) mass is 340 g/mol. The van der Waals surface area contributed by atoms with Gasteiger partial charge in [-0.1, -0.05) is 25.1 Å². The fraction of sp³-hybridized carbons (Fsp3) is 0.562. The molecule has 1 heterocycles. The van der Waals surface area contributed by atoms with Crippen LogP contribution < -0.4 is 4.72 Å². The van der Waals surface area contributed by atoms with Crippen LogP contribution in [0.15, 0.2) is 24.3 Å². The van der Waals surface area contributed by atoms with Crippen LogP contribution in [0.4, 0.5) is 0 Å². The smallest absolute Gasteiger partial charge is 0.336 e. The van der Waals surface area contributed by atoms with Gasteiger partial charge in [0.1, 0.15) is 0 Å². The summed E-state index contributed by atoms with van der Waals surface area (Å²) in [5.41, 5.74) is 1.13. The number of hydrogen-bond donors (Lipinski definition) is 2. The summed E-state index contributed by atoms with van der Waals surface area (Å²) in [7, 11) is -3.17. The number of nitrogens with zero attached hydrogens (tertiary/aromatic N) is 1. The minimum absolute atomic E-state index is 0.0162. The number of carboxylic acid groups (broad SMARTS) is 1. The molecule has 0 radical (unpaired) electrons. The lowest BCUT2D eigenvalue weighted by molar-refractivity contribution is 0.0694. The Bertz CT molecular complexity index is 637. The van der Waals surface area contributed by atoms with Crippen LogP contribution in [0.1, 0.15) is 42.1 Å². The third kappa shape index (κ3) is 5.30. The quantitative estimate of drug-likeness (QED) is 0.788. The van der Waals surface area contributed by atoms with E-state index >= 15 is 0 Å². The average Bonchev–Trinajstić information content (AvgIpc) is 2.49. The highest BCUT2D eigenvalue weighted by Crippen LogP contribution is 2.17. The summed E-state index contributed by atoms with van der Waals surface area (Å²) in [4.78, 5) is 13.4. The number of nitrogens with one attached hydrogen (secondary N) is 1. The molecule has 0 spiro atoms. The van der Waals surface area contributed by atoms with E-state index in [0.717, 1.165) is 31.5 Å². The number of rotatable bonds is 7. The van der Waals surface area contributed by atoms with Crippen LogP contribution in [0.25, 0.3) is 0 Å². The molecule has 128 valence electrons. The summed E-state index contributed by atoms with van der Waals surface area (Å²) >= 11 is 0. The SMILES string of the molecule is CCCS(=O)(=O)NC1CCN(Cc2ccccc2C(=O)O)CC1. The highest BCUT2D eigenvalue weighted by molar-refractivity contribution is 7.89. The molecule has 0 aliphatic carbocycles. The number of benzene rings is 1. The Hall–Kier alpha value is -1.44. The lowest BCUT2D eigenvalue weighted by Crippen LogP contribution is -2.45. The number of likely N-dealkylation sites (tertiary alicyclic amines) is 1. The molecule has 0 aromatic heterocycles. The largest absolute Gasteiger partial charge is 0.478 e. The molecule has 1 fully saturated rings. The molecule has 6 nitrogen and oxygen atoms in total. The molecule has 1 aromatic rings. The molecule has 23 heavy (non-hydrogen) atoms. The van der Waals surface area contributed by atoms with Crippen molar-refractivity contribution >= 4 is 16.0 Å². The molecule has 7 heteroatoms. The maximum Gasteiger partial charge on any atom is 0.336 e. The molecule has 1 aliphatic heterocycles. The van der Waals surface area contributed by atoms with E-state index < -0.39 is 16.0 Å². The van der Waals surface area contributed by atoms with Gasteiger partial charge in [0.15, 0.2) is 0 Å². The van der Waals surface area contributed by atoms with Gasteiger partial charge in [0.25, 0.3) is 0 Å². The van der Waals surface area contributed by atoms with Crippen LogP contribution in [0, 0.1) is 0 Å².